The molecule has 2 aromatic carbocycles. The second-order valence-electron chi connectivity index (χ2n) is 5.27. The third-order valence-corrected chi connectivity index (χ3v) is 3.73. The summed E-state index contributed by atoms with van der Waals surface area (Å²) in [5, 5.41) is 6.16. The molecule has 0 radical (unpaired) electrons. The molecule has 0 aliphatic heterocycles. The highest BCUT2D eigenvalue weighted by Crippen LogP contribution is 2.27. The fourth-order valence-electron chi connectivity index (χ4n) is 2.29. The Morgan fingerprint density at radius 2 is 2.00 bits per heavy atom. The number of hydrogen-bond acceptors (Lipinski definition) is 2. The molecule has 1 atom stereocenters. The first-order valence-corrected chi connectivity index (χ1v) is 7.94. The van der Waals surface area contributed by atoms with Crippen molar-refractivity contribution < 1.29 is 9.53 Å². The maximum Gasteiger partial charge on any atom is 0.319 e. The van der Waals surface area contributed by atoms with E-state index in [2.05, 4.69) is 10.6 Å². The average Bonchev–Trinajstić information content (AvgIpc) is 2.51. The number of carbonyl (C=O) groups excluding carboxylic acids is 1. The minimum atomic E-state index is -0.311. The third kappa shape index (κ3) is 4.63. The summed E-state index contributed by atoms with van der Waals surface area (Å²) in [5.74, 6) is 0.781. The molecule has 0 bridgehead atoms. The van der Waals surface area contributed by atoms with Gasteiger partial charge in [0.1, 0.15) is 5.75 Å². The first-order chi connectivity index (χ1) is 11.0. The number of halogens is 1. The zero-order valence-electron chi connectivity index (χ0n) is 13.5. The molecule has 4 nitrogen and oxygen atoms in total. The standard InChI is InChI=1S/C18H21ClN2O2/c1-4-23-17-10-9-12(2)11-14(17)13(3)20-18(22)21-16-8-6-5-7-15(16)19/h5-11,13H,4H2,1-3H3,(H2,20,21,22). The first kappa shape index (κ1) is 17.2. The lowest BCUT2D eigenvalue weighted by Gasteiger charge is -2.19. The normalized spacial score (nSPS) is 11.7. The zero-order valence-corrected chi connectivity index (χ0v) is 14.3. The van der Waals surface area contributed by atoms with Crippen LogP contribution in [0.4, 0.5) is 10.5 Å². The van der Waals surface area contributed by atoms with Gasteiger partial charge in [0, 0.05) is 5.56 Å². The van der Waals surface area contributed by atoms with E-state index < -0.39 is 0 Å². The highest BCUT2D eigenvalue weighted by molar-refractivity contribution is 6.33. The van der Waals surface area contributed by atoms with Crippen LogP contribution in [0.25, 0.3) is 0 Å². The number of aryl methyl sites for hydroxylation is 1. The largest absolute Gasteiger partial charge is 0.494 e. The Labute approximate surface area is 141 Å². The van der Waals surface area contributed by atoms with E-state index in [1.54, 1.807) is 12.1 Å². The van der Waals surface area contributed by atoms with Crippen LogP contribution in [0, 0.1) is 6.92 Å². The van der Waals surface area contributed by atoms with Gasteiger partial charge in [0.25, 0.3) is 0 Å². The number of benzene rings is 2. The number of ether oxygens (including phenoxy) is 1. The van der Waals surface area contributed by atoms with Gasteiger partial charge < -0.3 is 15.4 Å². The molecule has 0 spiro atoms. The highest BCUT2D eigenvalue weighted by atomic mass is 35.5. The molecule has 0 aliphatic carbocycles. The Kier molecular flexibility index (Phi) is 5.88. The van der Waals surface area contributed by atoms with Crippen LogP contribution in [-0.4, -0.2) is 12.6 Å². The molecule has 0 fully saturated rings. The lowest BCUT2D eigenvalue weighted by Crippen LogP contribution is -2.31. The van der Waals surface area contributed by atoms with E-state index >= 15 is 0 Å². The Morgan fingerprint density at radius 1 is 1.26 bits per heavy atom. The predicted octanol–water partition coefficient (Wildman–Crippen LogP) is 4.93. The molecule has 0 heterocycles. The van der Waals surface area contributed by atoms with Crippen LogP contribution in [0.2, 0.25) is 5.02 Å². The summed E-state index contributed by atoms with van der Waals surface area (Å²) in [7, 11) is 0. The molecule has 0 aromatic heterocycles. The monoisotopic (exact) mass is 332 g/mol. The van der Waals surface area contributed by atoms with Crippen molar-refractivity contribution in [2.24, 2.45) is 0 Å². The molecular weight excluding hydrogens is 312 g/mol. The van der Waals surface area contributed by atoms with Crippen LogP contribution in [0.3, 0.4) is 0 Å². The summed E-state index contributed by atoms with van der Waals surface area (Å²) >= 11 is 6.05. The molecule has 0 saturated heterocycles. The van der Waals surface area contributed by atoms with Crippen molar-refractivity contribution in [3.05, 3.63) is 58.6 Å². The van der Waals surface area contributed by atoms with Crippen LogP contribution in [0.1, 0.15) is 31.0 Å². The summed E-state index contributed by atoms with van der Waals surface area (Å²) < 4.78 is 5.64. The summed E-state index contributed by atoms with van der Waals surface area (Å²) in [5.41, 5.74) is 2.64. The van der Waals surface area contributed by atoms with E-state index in [4.69, 9.17) is 16.3 Å². The lowest BCUT2D eigenvalue weighted by atomic mass is 10.0. The van der Waals surface area contributed by atoms with Crippen LogP contribution < -0.4 is 15.4 Å². The van der Waals surface area contributed by atoms with Gasteiger partial charge in [-0.1, -0.05) is 41.4 Å². The van der Waals surface area contributed by atoms with Crippen LogP contribution in [0.15, 0.2) is 42.5 Å². The molecule has 0 aliphatic rings. The van der Waals surface area contributed by atoms with Gasteiger partial charge in [-0.05, 0) is 39.0 Å². The second kappa shape index (κ2) is 7.88. The topological polar surface area (TPSA) is 50.4 Å². The van der Waals surface area contributed by atoms with Gasteiger partial charge in [-0.15, -0.1) is 0 Å². The van der Waals surface area contributed by atoms with Gasteiger partial charge in [-0.25, -0.2) is 4.79 Å². The minimum Gasteiger partial charge on any atom is -0.494 e. The Balaban J connectivity index is 2.09. The van der Waals surface area contributed by atoms with E-state index in [1.807, 2.05) is 51.1 Å². The van der Waals surface area contributed by atoms with Crippen molar-refractivity contribution in [3.8, 4) is 5.75 Å². The Hall–Kier alpha value is -2.20. The van der Waals surface area contributed by atoms with Gasteiger partial charge in [0.15, 0.2) is 0 Å². The van der Waals surface area contributed by atoms with Gasteiger partial charge in [0.05, 0.1) is 23.4 Å². The SMILES string of the molecule is CCOc1ccc(C)cc1C(C)NC(=O)Nc1ccccc1Cl. The number of anilines is 1. The van der Waals surface area contributed by atoms with Crippen molar-refractivity contribution in [2.45, 2.75) is 26.8 Å². The van der Waals surface area contributed by atoms with Gasteiger partial charge in [-0.3, -0.25) is 0 Å². The lowest BCUT2D eigenvalue weighted by molar-refractivity contribution is 0.249. The summed E-state index contributed by atoms with van der Waals surface area (Å²) in [6.45, 7) is 6.44. The van der Waals surface area contributed by atoms with Crippen LogP contribution in [0.5, 0.6) is 5.75 Å². The molecule has 0 saturated carbocycles. The molecule has 23 heavy (non-hydrogen) atoms. The Morgan fingerprint density at radius 3 is 2.70 bits per heavy atom. The number of nitrogens with one attached hydrogen (secondary N) is 2. The van der Waals surface area contributed by atoms with Crippen LogP contribution >= 0.6 is 11.6 Å². The van der Waals surface area contributed by atoms with E-state index in [0.29, 0.717) is 17.3 Å². The number of hydrogen-bond donors (Lipinski definition) is 2. The quantitative estimate of drug-likeness (QED) is 0.815. The number of para-hydroxylation sites is 1. The molecular formula is C18H21ClN2O2. The minimum absolute atomic E-state index is 0.195. The first-order valence-electron chi connectivity index (χ1n) is 7.56. The van der Waals surface area contributed by atoms with E-state index in [1.165, 1.54) is 0 Å². The molecule has 2 N–H and O–H groups in total. The number of rotatable bonds is 5. The van der Waals surface area contributed by atoms with Gasteiger partial charge >= 0.3 is 6.03 Å². The number of carbonyl (C=O) groups is 1. The van der Waals surface area contributed by atoms with Crippen molar-refractivity contribution >= 4 is 23.3 Å². The Bertz CT molecular complexity index is 688. The van der Waals surface area contributed by atoms with Crippen molar-refractivity contribution in [3.63, 3.8) is 0 Å². The molecule has 1 unspecified atom stereocenters. The van der Waals surface area contributed by atoms with E-state index in [-0.39, 0.29) is 12.1 Å². The molecule has 122 valence electrons. The third-order valence-electron chi connectivity index (χ3n) is 3.40. The van der Waals surface area contributed by atoms with E-state index in [9.17, 15) is 4.79 Å². The van der Waals surface area contributed by atoms with Gasteiger partial charge in [-0.2, -0.15) is 0 Å². The summed E-state index contributed by atoms with van der Waals surface area (Å²) in [6, 6.07) is 12.6. The van der Waals surface area contributed by atoms with Crippen molar-refractivity contribution in [1.82, 2.24) is 5.32 Å². The fourth-order valence-corrected chi connectivity index (χ4v) is 2.47. The molecule has 2 rings (SSSR count). The molecule has 2 amide bonds. The molecule has 2 aromatic rings. The molecule has 5 heteroatoms. The van der Waals surface area contributed by atoms with Gasteiger partial charge in [0.2, 0.25) is 0 Å². The average molecular weight is 333 g/mol. The fraction of sp³-hybridized carbons (Fsp3) is 0.278. The van der Waals surface area contributed by atoms with E-state index in [0.717, 1.165) is 16.9 Å². The highest BCUT2D eigenvalue weighted by Gasteiger charge is 2.15. The van der Waals surface area contributed by atoms with Crippen LogP contribution in [-0.2, 0) is 0 Å². The smallest absolute Gasteiger partial charge is 0.319 e. The number of urea groups is 1. The van der Waals surface area contributed by atoms with Crippen molar-refractivity contribution in [2.75, 3.05) is 11.9 Å². The number of amides is 2. The van der Waals surface area contributed by atoms with Crippen molar-refractivity contribution in [1.29, 1.82) is 0 Å². The zero-order chi connectivity index (χ0) is 16.8. The second-order valence-corrected chi connectivity index (χ2v) is 5.68. The maximum atomic E-state index is 12.2. The predicted molar refractivity (Wildman–Crippen MR) is 94.4 cm³/mol. The summed E-state index contributed by atoms with van der Waals surface area (Å²) in [6.07, 6.45) is 0. The summed E-state index contributed by atoms with van der Waals surface area (Å²) in [4.78, 5) is 12.2. The maximum absolute atomic E-state index is 12.2.